The van der Waals surface area contributed by atoms with Crippen LogP contribution < -0.4 is 26.2 Å². The Hall–Kier alpha value is -5.80. The van der Waals surface area contributed by atoms with Crippen molar-refractivity contribution in [1.29, 1.82) is 0 Å². The molecule has 320 valence electrons. The van der Waals surface area contributed by atoms with Crippen LogP contribution in [0.25, 0.3) is 11.1 Å². The van der Waals surface area contributed by atoms with Gasteiger partial charge in [0, 0.05) is 39.5 Å². The van der Waals surface area contributed by atoms with E-state index < -0.39 is 0 Å². The quantitative estimate of drug-likeness (QED) is 0.163. The van der Waals surface area contributed by atoms with Crippen LogP contribution in [0.5, 0.6) is 0 Å². The van der Waals surface area contributed by atoms with E-state index in [1.54, 1.807) is 11.1 Å². The number of rotatable bonds is 4. The maximum Gasteiger partial charge on any atom is 0.252 e. The van der Waals surface area contributed by atoms with Crippen LogP contribution >= 0.6 is 0 Å². The SMILES string of the molecule is Cc1cc2c3c(c1)N(c1ccc4c(c1C)C1(c5ccccc5-4)C4CC5CC6CC1C564)c1ccc(Cc4ccccc4)cc1B3c1cc(C(C)(C)C)ccc1N2c1ccc(C(C)(C)C)cc1. The predicted octanol–water partition coefficient (Wildman–Crippen LogP) is 13.5. The Morgan fingerprint density at radius 1 is 0.538 bits per heavy atom. The zero-order chi connectivity index (χ0) is 44.1. The van der Waals surface area contributed by atoms with E-state index in [-0.39, 0.29) is 23.0 Å². The summed E-state index contributed by atoms with van der Waals surface area (Å²) in [4.78, 5) is 5.32. The average molecular weight is 843 g/mol. The first-order chi connectivity index (χ1) is 31.3. The molecule has 2 nitrogen and oxygen atoms in total. The third-order valence-corrected chi connectivity index (χ3v) is 18.5. The zero-order valence-electron chi connectivity index (χ0n) is 39.4. The minimum Gasteiger partial charge on any atom is -0.311 e. The lowest BCUT2D eigenvalue weighted by Crippen LogP contribution is -2.88. The predicted molar refractivity (Wildman–Crippen MR) is 273 cm³/mol. The molecule has 0 amide bonds. The minimum atomic E-state index is -0.00114. The molecule has 2 aliphatic heterocycles. The summed E-state index contributed by atoms with van der Waals surface area (Å²) in [7, 11) is 0. The topological polar surface area (TPSA) is 6.48 Å². The van der Waals surface area contributed by atoms with Gasteiger partial charge < -0.3 is 9.80 Å². The van der Waals surface area contributed by atoms with Gasteiger partial charge >= 0.3 is 0 Å². The summed E-state index contributed by atoms with van der Waals surface area (Å²) in [6, 6.07) is 55.0. The molecule has 2 heterocycles. The Labute approximate surface area is 386 Å². The normalized spacial score (nSPS) is 25.4. The first-order valence-corrected chi connectivity index (χ1v) is 24.7. The van der Waals surface area contributed by atoms with E-state index >= 15 is 0 Å². The number of aryl methyl sites for hydroxylation is 1. The van der Waals surface area contributed by atoms with Gasteiger partial charge in [0.2, 0.25) is 0 Å². The van der Waals surface area contributed by atoms with E-state index in [2.05, 4.69) is 205 Å². The Morgan fingerprint density at radius 2 is 1.15 bits per heavy atom. The molecule has 14 rings (SSSR count). The molecule has 7 aliphatic rings. The average Bonchev–Trinajstić information content (AvgIpc) is 3.57. The number of benzene rings is 7. The molecule has 0 N–H and O–H groups in total. The lowest BCUT2D eigenvalue weighted by Gasteiger charge is -2.92. The summed E-state index contributed by atoms with van der Waals surface area (Å²) < 4.78 is 0. The molecule has 0 radical (unpaired) electrons. The van der Waals surface area contributed by atoms with Gasteiger partial charge in [0.25, 0.3) is 6.71 Å². The number of fused-ring (bicyclic) bond motifs is 11. The number of nitrogens with zero attached hydrogens (tertiary/aromatic N) is 2. The zero-order valence-corrected chi connectivity index (χ0v) is 39.4. The maximum absolute atomic E-state index is 2.72. The second-order valence-electron chi connectivity index (χ2n) is 23.4. The Kier molecular flexibility index (Phi) is 7.43. The highest BCUT2D eigenvalue weighted by Gasteiger charge is 2.90. The van der Waals surface area contributed by atoms with Gasteiger partial charge in [-0.25, -0.2) is 0 Å². The van der Waals surface area contributed by atoms with Crippen LogP contribution in [0.4, 0.5) is 34.1 Å². The van der Waals surface area contributed by atoms with E-state index in [0.29, 0.717) is 5.41 Å². The summed E-state index contributed by atoms with van der Waals surface area (Å²) in [6.07, 6.45) is 5.22. The molecule has 4 unspecified atom stereocenters. The standard InChI is InChI=1S/C62H59BN2/c1-36-28-53-58-54(29-36)65(50-27-24-46-45-16-12-13-17-47(45)62(57(46)37(50)2)55-34-42-32-43-35-56(62)61(42,43)55)52-25-18-39(30-38-14-10-9-11-15-38)31-48(52)63(58)49-33-41(60(6,7)8)21-26-51(49)64(53)44-22-19-40(20-23-44)59(3,4)5/h9-29,31,33,42-43,55-56H,30,32,34-35H2,1-8H3. The highest BCUT2D eigenvalue weighted by atomic mass is 15.2. The van der Waals surface area contributed by atoms with Gasteiger partial charge in [-0.1, -0.05) is 139 Å². The second kappa shape index (κ2) is 12.5. The third-order valence-electron chi connectivity index (χ3n) is 18.5. The summed E-state index contributed by atoms with van der Waals surface area (Å²) in [5.74, 6) is 3.52. The molecule has 4 saturated carbocycles. The lowest BCUT2D eigenvalue weighted by atomic mass is 9.11. The van der Waals surface area contributed by atoms with E-state index in [0.717, 1.165) is 30.1 Å². The van der Waals surface area contributed by atoms with Crippen molar-refractivity contribution in [3.05, 3.63) is 184 Å². The van der Waals surface area contributed by atoms with Crippen molar-refractivity contribution < 1.29 is 0 Å². The van der Waals surface area contributed by atoms with Gasteiger partial charge in [0.05, 0.1) is 0 Å². The highest BCUT2D eigenvalue weighted by Crippen LogP contribution is 2.95. The number of anilines is 6. The van der Waals surface area contributed by atoms with Crippen molar-refractivity contribution in [2.24, 2.45) is 29.1 Å². The van der Waals surface area contributed by atoms with Crippen molar-refractivity contribution >= 4 is 57.2 Å². The van der Waals surface area contributed by atoms with Gasteiger partial charge in [0.15, 0.2) is 0 Å². The molecule has 5 aliphatic carbocycles. The molecule has 2 spiro atoms. The molecule has 7 aromatic rings. The van der Waals surface area contributed by atoms with Crippen LogP contribution in [-0.2, 0) is 22.7 Å². The van der Waals surface area contributed by atoms with Crippen molar-refractivity contribution in [3.8, 4) is 11.1 Å². The van der Waals surface area contributed by atoms with E-state index in [9.17, 15) is 0 Å². The summed E-state index contributed by atoms with van der Waals surface area (Å²) >= 11 is 0. The monoisotopic (exact) mass is 842 g/mol. The van der Waals surface area contributed by atoms with Crippen LogP contribution in [-0.4, -0.2) is 6.71 Å². The van der Waals surface area contributed by atoms with E-state index in [4.69, 9.17) is 0 Å². The van der Waals surface area contributed by atoms with Gasteiger partial charge in [-0.2, -0.15) is 0 Å². The molecular formula is C62H59BN2. The summed E-state index contributed by atoms with van der Waals surface area (Å²) in [5.41, 5.74) is 27.3. The lowest BCUT2D eigenvalue weighted by molar-refractivity contribution is -0.412. The molecule has 3 heteroatoms. The Bertz CT molecular complexity index is 3180. The second-order valence-corrected chi connectivity index (χ2v) is 23.4. The largest absolute Gasteiger partial charge is 0.311 e. The van der Waals surface area contributed by atoms with Gasteiger partial charge in [0.1, 0.15) is 0 Å². The van der Waals surface area contributed by atoms with Crippen molar-refractivity contribution in [2.45, 2.75) is 97.3 Å². The number of hydrogen-bond acceptors (Lipinski definition) is 2. The van der Waals surface area contributed by atoms with Gasteiger partial charge in [-0.15, -0.1) is 0 Å². The van der Waals surface area contributed by atoms with Crippen LogP contribution in [0.1, 0.15) is 105 Å². The van der Waals surface area contributed by atoms with Gasteiger partial charge in [-0.05, 0) is 194 Å². The molecule has 7 aromatic carbocycles. The highest BCUT2D eigenvalue weighted by molar-refractivity contribution is 7.00. The molecule has 4 fully saturated rings. The smallest absolute Gasteiger partial charge is 0.252 e. The fourth-order valence-electron chi connectivity index (χ4n) is 15.8. The maximum atomic E-state index is 2.72. The van der Waals surface area contributed by atoms with Crippen LogP contribution in [0.3, 0.4) is 0 Å². The molecule has 0 bridgehead atoms. The molecule has 65 heavy (non-hydrogen) atoms. The van der Waals surface area contributed by atoms with Crippen molar-refractivity contribution in [3.63, 3.8) is 0 Å². The van der Waals surface area contributed by atoms with Crippen LogP contribution in [0.2, 0.25) is 0 Å². The molecule has 4 atom stereocenters. The van der Waals surface area contributed by atoms with Crippen LogP contribution in [0, 0.1) is 42.9 Å². The van der Waals surface area contributed by atoms with Gasteiger partial charge in [-0.3, -0.25) is 0 Å². The van der Waals surface area contributed by atoms with E-state index in [1.807, 2.05) is 0 Å². The molecule has 0 aromatic heterocycles. The van der Waals surface area contributed by atoms with Crippen LogP contribution in [0.15, 0.2) is 140 Å². The van der Waals surface area contributed by atoms with Crippen molar-refractivity contribution in [2.75, 3.05) is 9.80 Å². The molecule has 0 saturated heterocycles. The van der Waals surface area contributed by atoms with Crippen molar-refractivity contribution in [1.82, 2.24) is 0 Å². The molecular weight excluding hydrogens is 784 g/mol. The summed E-state index contributed by atoms with van der Waals surface area (Å²) in [6.45, 7) is 18.9. The van der Waals surface area contributed by atoms with E-state index in [1.165, 1.54) is 114 Å². The first-order valence-electron chi connectivity index (χ1n) is 24.7. The first kappa shape index (κ1) is 38.5. The number of hydrogen-bond donors (Lipinski definition) is 0. The Morgan fingerprint density at radius 3 is 1.86 bits per heavy atom. The Balaban J connectivity index is 1.03. The fraction of sp³-hybridized carbons (Fsp3) is 0.323. The fourth-order valence-corrected chi connectivity index (χ4v) is 15.8. The summed E-state index contributed by atoms with van der Waals surface area (Å²) in [5, 5.41) is 0. The minimum absolute atomic E-state index is 0.00114. The third kappa shape index (κ3) is 4.68.